The number of nitrogens with one attached hydrogen (secondary N) is 2. The van der Waals surface area contributed by atoms with Crippen LogP contribution in [0.25, 0.3) is 5.69 Å². The fourth-order valence-electron chi connectivity index (χ4n) is 2.45. The number of benzene rings is 1. The molecule has 20 heavy (non-hydrogen) atoms. The molecule has 1 aliphatic heterocycles. The highest BCUT2D eigenvalue weighted by atomic mass is 32.1. The molecule has 6 nitrogen and oxygen atoms in total. The lowest BCUT2D eigenvalue weighted by molar-refractivity contribution is -0.420. The van der Waals surface area contributed by atoms with Gasteiger partial charge in [0.2, 0.25) is 5.11 Å². The maximum atomic E-state index is 12.5. The van der Waals surface area contributed by atoms with Crippen LogP contribution in [0, 0.1) is 0 Å². The number of hydrogen-bond acceptors (Lipinski definition) is 2. The molecule has 0 fully saturated rings. The van der Waals surface area contributed by atoms with Crippen LogP contribution in [0.1, 0.15) is 11.3 Å². The second-order valence-electron chi connectivity index (χ2n) is 4.70. The quantitative estimate of drug-likeness (QED) is 0.491. The Labute approximate surface area is 121 Å². The molecule has 0 saturated carbocycles. The summed E-state index contributed by atoms with van der Waals surface area (Å²) in [6.45, 7) is 1.30. The average molecular weight is 290 g/mol. The number of thiocarbonyl (C=S) groups is 1. The van der Waals surface area contributed by atoms with Crippen LogP contribution in [0.2, 0.25) is 0 Å². The predicted octanol–water partition coefficient (Wildman–Crippen LogP) is -0.445. The van der Waals surface area contributed by atoms with Crippen molar-refractivity contribution < 1.29 is 5.84 Å². The Morgan fingerprint density at radius 3 is 2.80 bits per heavy atom. The molecule has 1 aromatic carbocycles. The average Bonchev–Trinajstić information content (AvgIpc) is 2.84. The van der Waals surface area contributed by atoms with Crippen molar-refractivity contribution in [2.75, 3.05) is 6.54 Å². The highest BCUT2D eigenvalue weighted by Crippen LogP contribution is 2.15. The van der Waals surface area contributed by atoms with Gasteiger partial charge in [0.05, 0.1) is 17.8 Å². The summed E-state index contributed by atoms with van der Waals surface area (Å²) in [4.78, 5) is 14.4. The molecule has 5 N–H and O–H groups in total. The van der Waals surface area contributed by atoms with Crippen LogP contribution >= 0.6 is 12.2 Å². The number of nitrogens with zero attached hydrogens (tertiary/aromatic N) is 2. The number of hydrogen-bond donors (Lipinski definition) is 3. The van der Waals surface area contributed by atoms with Crippen molar-refractivity contribution in [2.45, 2.75) is 13.0 Å². The largest absolute Gasteiger partial charge is 0.340 e. The number of rotatable bonds is 1. The Morgan fingerprint density at radius 2 is 2.10 bits per heavy atom. The van der Waals surface area contributed by atoms with E-state index in [1.165, 1.54) is 0 Å². The van der Waals surface area contributed by atoms with E-state index in [2.05, 4.69) is 16.4 Å². The minimum Gasteiger partial charge on any atom is -0.340 e. The zero-order valence-corrected chi connectivity index (χ0v) is 11.7. The van der Waals surface area contributed by atoms with Crippen molar-refractivity contribution in [2.24, 2.45) is 0 Å². The van der Waals surface area contributed by atoms with Crippen LogP contribution in [-0.4, -0.2) is 26.3 Å². The lowest BCUT2D eigenvalue weighted by Gasteiger charge is -2.26. The Balaban J connectivity index is 1.99. The van der Waals surface area contributed by atoms with Crippen LogP contribution in [-0.2, 0) is 13.0 Å². The summed E-state index contributed by atoms with van der Waals surface area (Å²) in [5.74, 6) is 3.57. The van der Waals surface area contributed by atoms with Gasteiger partial charge >= 0.3 is 0 Å². The van der Waals surface area contributed by atoms with E-state index in [-0.39, 0.29) is 5.56 Å². The van der Waals surface area contributed by atoms with Crippen molar-refractivity contribution >= 4 is 17.3 Å². The molecule has 104 valence electrons. The Morgan fingerprint density at radius 1 is 1.35 bits per heavy atom. The molecule has 0 amide bonds. The number of aromatic amines is 1. The van der Waals surface area contributed by atoms with Crippen molar-refractivity contribution in [3.8, 4) is 5.69 Å². The third-order valence-electron chi connectivity index (χ3n) is 3.51. The van der Waals surface area contributed by atoms with Gasteiger partial charge in [0.15, 0.2) is 0 Å². The highest BCUT2D eigenvalue weighted by molar-refractivity contribution is 7.80. The second kappa shape index (κ2) is 5.10. The van der Waals surface area contributed by atoms with Gasteiger partial charge in [0.1, 0.15) is 0 Å². The first-order valence-corrected chi connectivity index (χ1v) is 6.81. The molecule has 0 atom stereocenters. The maximum absolute atomic E-state index is 12.5. The van der Waals surface area contributed by atoms with E-state index in [0.717, 1.165) is 29.9 Å². The van der Waals surface area contributed by atoms with E-state index in [1.807, 2.05) is 35.2 Å². The topological polar surface area (TPSA) is 80.7 Å². The van der Waals surface area contributed by atoms with Gasteiger partial charge in [-0.3, -0.25) is 15.7 Å². The summed E-state index contributed by atoms with van der Waals surface area (Å²) in [6, 6.07) is 9.56. The summed E-state index contributed by atoms with van der Waals surface area (Å²) >= 11 is 5.18. The zero-order valence-electron chi connectivity index (χ0n) is 10.9. The molecular weight excluding hydrogens is 274 g/mol. The Hall–Kier alpha value is -2.12. The molecule has 0 saturated heterocycles. The van der Waals surface area contributed by atoms with Crippen molar-refractivity contribution in [1.29, 1.82) is 0 Å². The molecule has 0 aliphatic carbocycles. The third kappa shape index (κ3) is 2.10. The van der Waals surface area contributed by atoms with Crippen molar-refractivity contribution in [3.63, 3.8) is 0 Å². The number of H-pyrrole nitrogens is 1. The first-order valence-electron chi connectivity index (χ1n) is 6.41. The van der Waals surface area contributed by atoms with Crippen molar-refractivity contribution in [3.05, 3.63) is 51.9 Å². The van der Waals surface area contributed by atoms with Crippen molar-refractivity contribution in [1.82, 2.24) is 20.1 Å². The summed E-state index contributed by atoms with van der Waals surface area (Å²) in [5, 5.41) is 3.77. The smallest absolute Gasteiger partial charge is 0.276 e. The van der Waals surface area contributed by atoms with Gasteiger partial charge in [0, 0.05) is 18.7 Å². The predicted molar refractivity (Wildman–Crippen MR) is 79.1 cm³/mol. The molecule has 0 spiro atoms. The minimum atomic E-state index is -0.0113. The molecule has 0 bridgehead atoms. The van der Waals surface area contributed by atoms with Crippen LogP contribution in [0.15, 0.2) is 35.1 Å². The first-order chi connectivity index (χ1) is 9.70. The standard InChI is InChI=1S/C13H15N5OS/c14-15-13(20)17-7-6-11-10(8-17)12(19)18(16-11)9-4-2-1-3-5-9/h1-5,16H,6-8,14H2,(H,15,20)/p+1. The van der Waals surface area contributed by atoms with Crippen LogP contribution in [0.4, 0.5) is 0 Å². The Bertz CT molecular complexity index is 691. The van der Waals surface area contributed by atoms with E-state index in [9.17, 15) is 4.79 Å². The number of aromatic nitrogens is 2. The summed E-state index contributed by atoms with van der Waals surface area (Å²) in [6.07, 6.45) is 0.770. The minimum absolute atomic E-state index is 0.0113. The summed E-state index contributed by atoms with van der Waals surface area (Å²) < 4.78 is 1.59. The number of quaternary nitrogens is 1. The third-order valence-corrected chi connectivity index (χ3v) is 3.91. The number of fused-ring (bicyclic) bond motifs is 1. The molecule has 0 unspecified atom stereocenters. The molecular formula is C13H16N5OS+. The monoisotopic (exact) mass is 290 g/mol. The van der Waals surface area contributed by atoms with Gasteiger partial charge in [-0.05, 0) is 24.4 Å². The van der Waals surface area contributed by atoms with E-state index >= 15 is 0 Å². The first kappa shape index (κ1) is 12.9. The van der Waals surface area contributed by atoms with Gasteiger partial charge < -0.3 is 4.90 Å². The molecule has 0 radical (unpaired) electrons. The fourth-order valence-corrected chi connectivity index (χ4v) is 2.60. The van der Waals surface area contributed by atoms with E-state index in [0.29, 0.717) is 11.7 Å². The Kier molecular flexibility index (Phi) is 3.29. The summed E-state index contributed by atoms with van der Waals surface area (Å²) in [7, 11) is 0. The summed E-state index contributed by atoms with van der Waals surface area (Å²) in [5.41, 5.74) is 5.31. The fraction of sp³-hybridized carbons (Fsp3) is 0.231. The van der Waals surface area contributed by atoms with Crippen LogP contribution < -0.4 is 16.8 Å². The van der Waals surface area contributed by atoms with Crippen LogP contribution in [0.3, 0.4) is 0 Å². The lowest BCUT2D eigenvalue weighted by atomic mass is 10.1. The molecule has 1 aliphatic rings. The lowest BCUT2D eigenvalue weighted by Crippen LogP contribution is -2.70. The van der Waals surface area contributed by atoms with Gasteiger partial charge in [-0.25, -0.2) is 10.1 Å². The SMILES string of the molecule is [NH3+]NC(=S)N1CCc2[nH]n(-c3ccccc3)c(=O)c2C1. The molecule has 2 aromatic rings. The van der Waals surface area contributed by atoms with Gasteiger partial charge in [-0.15, -0.1) is 0 Å². The van der Waals surface area contributed by atoms with Gasteiger partial charge in [-0.2, -0.15) is 0 Å². The van der Waals surface area contributed by atoms with Gasteiger partial charge in [-0.1, -0.05) is 18.2 Å². The second-order valence-corrected chi connectivity index (χ2v) is 5.09. The molecule has 3 rings (SSSR count). The van der Waals surface area contributed by atoms with Gasteiger partial charge in [0.25, 0.3) is 5.56 Å². The normalized spacial score (nSPS) is 13.9. The zero-order chi connectivity index (χ0) is 14.1. The molecule has 7 heteroatoms. The van der Waals surface area contributed by atoms with Crippen LogP contribution in [0.5, 0.6) is 0 Å². The maximum Gasteiger partial charge on any atom is 0.276 e. The highest BCUT2D eigenvalue weighted by Gasteiger charge is 2.24. The van der Waals surface area contributed by atoms with E-state index < -0.39 is 0 Å². The molecule has 1 aromatic heterocycles. The number of para-hydroxylation sites is 1. The van der Waals surface area contributed by atoms with E-state index in [1.54, 1.807) is 4.68 Å². The molecule has 2 heterocycles. The van der Waals surface area contributed by atoms with E-state index in [4.69, 9.17) is 12.2 Å².